The molecular formula is C18H20N2O3. The van der Waals surface area contributed by atoms with Crippen LogP contribution >= 0.6 is 0 Å². The monoisotopic (exact) mass is 312 g/mol. The Morgan fingerprint density at radius 2 is 1.74 bits per heavy atom. The van der Waals surface area contributed by atoms with E-state index in [-0.39, 0.29) is 18.2 Å². The first-order valence-electron chi connectivity index (χ1n) is 7.46. The van der Waals surface area contributed by atoms with Crippen LogP contribution in [-0.4, -0.2) is 24.8 Å². The van der Waals surface area contributed by atoms with Crippen molar-refractivity contribution in [2.75, 3.05) is 23.8 Å². The average Bonchev–Trinajstić information content (AvgIpc) is 2.55. The van der Waals surface area contributed by atoms with Gasteiger partial charge in [0.05, 0.1) is 18.8 Å². The van der Waals surface area contributed by atoms with E-state index in [1.165, 1.54) is 6.92 Å². The average molecular weight is 312 g/mol. The number of amides is 1. The molecule has 120 valence electrons. The van der Waals surface area contributed by atoms with Crippen LogP contribution in [0.15, 0.2) is 48.5 Å². The highest BCUT2D eigenvalue weighted by Crippen LogP contribution is 2.23. The second-order valence-corrected chi connectivity index (χ2v) is 4.96. The number of hydrogen-bond donors (Lipinski definition) is 2. The summed E-state index contributed by atoms with van der Waals surface area (Å²) in [4.78, 5) is 23.2. The molecule has 0 unspecified atom stereocenters. The maximum atomic E-state index is 12.0. The van der Waals surface area contributed by atoms with Crippen molar-refractivity contribution in [3.63, 3.8) is 0 Å². The van der Waals surface area contributed by atoms with Crippen LogP contribution in [0.5, 0.6) is 5.75 Å². The molecule has 0 fully saturated rings. The first-order valence-corrected chi connectivity index (χ1v) is 7.46. The first-order chi connectivity index (χ1) is 11.1. The minimum atomic E-state index is -0.174. The minimum absolute atomic E-state index is 0.00271. The van der Waals surface area contributed by atoms with Gasteiger partial charge < -0.3 is 15.4 Å². The lowest BCUT2D eigenvalue weighted by Crippen LogP contribution is -2.22. The summed E-state index contributed by atoms with van der Waals surface area (Å²) < 4.78 is 5.50. The van der Waals surface area contributed by atoms with Gasteiger partial charge in [0.1, 0.15) is 5.75 Å². The lowest BCUT2D eigenvalue weighted by Gasteiger charge is -2.12. The summed E-state index contributed by atoms with van der Waals surface area (Å²) in [6.07, 6.45) is 0. The summed E-state index contributed by atoms with van der Waals surface area (Å²) in [7, 11) is 0. The van der Waals surface area contributed by atoms with Gasteiger partial charge in [-0.3, -0.25) is 9.59 Å². The molecule has 2 N–H and O–H groups in total. The number of para-hydroxylation sites is 2. The fourth-order valence-electron chi connectivity index (χ4n) is 2.06. The van der Waals surface area contributed by atoms with E-state index < -0.39 is 0 Å². The number of ketones is 1. The number of hydrogen-bond acceptors (Lipinski definition) is 4. The minimum Gasteiger partial charge on any atom is -0.492 e. The van der Waals surface area contributed by atoms with Crippen molar-refractivity contribution in [1.82, 2.24) is 0 Å². The third-order valence-electron chi connectivity index (χ3n) is 3.20. The summed E-state index contributed by atoms with van der Waals surface area (Å²) in [5, 5.41) is 5.83. The van der Waals surface area contributed by atoms with Gasteiger partial charge in [0, 0.05) is 11.3 Å². The first kappa shape index (κ1) is 16.5. The van der Waals surface area contributed by atoms with Crippen molar-refractivity contribution in [3.8, 4) is 5.75 Å². The number of carbonyl (C=O) groups excluding carboxylic acids is 2. The molecule has 0 heterocycles. The fraction of sp³-hybridized carbons (Fsp3) is 0.222. The SMILES string of the molecule is CCOc1ccccc1NCC(=O)Nc1ccc(C(C)=O)cc1. The van der Waals surface area contributed by atoms with E-state index in [9.17, 15) is 9.59 Å². The largest absolute Gasteiger partial charge is 0.492 e. The van der Waals surface area contributed by atoms with Gasteiger partial charge in [0.15, 0.2) is 5.78 Å². The Hall–Kier alpha value is -2.82. The van der Waals surface area contributed by atoms with Crippen LogP contribution in [0.25, 0.3) is 0 Å². The van der Waals surface area contributed by atoms with Crippen LogP contribution in [0.1, 0.15) is 24.2 Å². The van der Waals surface area contributed by atoms with E-state index in [1.54, 1.807) is 24.3 Å². The molecule has 5 nitrogen and oxygen atoms in total. The van der Waals surface area contributed by atoms with E-state index >= 15 is 0 Å². The zero-order valence-corrected chi connectivity index (χ0v) is 13.3. The number of rotatable bonds is 7. The van der Waals surface area contributed by atoms with Crippen molar-refractivity contribution < 1.29 is 14.3 Å². The van der Waals surface area contributed by atoms with Gasteiger partial charge in [0.2, 0.25) is 5.91 Å². The molecule has 23 heavy (non-hydrogen) atoms. The van der Waals surface area contributed by atoms with E-state index in [0.717, 1.165) is 5.69 Å². The Labute approximate surface area is 135 Å². The number of carbonyl (C=O) groups is 2. The van der Waals surface area contributed by atoms with Gasteiger partial charge in [0.25, 0.3) is 0 Å². The number of Topliss-reactive ketones (excluding diaryl/α,β-unsaturated/α-hetero) is 1. The highest BCUT2D eigenvalue weighted by Gasteiger charge is 2.06. The van der Waals surface area contributed by atoms with E-state index in [1.807, 2.05) is 31.2 Å². The van der Waals surface area contributed by atoms with Crippen LogP contribution in [0.2, 0.25) is 0 Å². The Morgan fingerprint density at radius 1 is 1.04 bits per heavy atom. The maximum absolute atomic E-state index is 12.0. The molecule has 0 saturated carbocycles. The van der Waals surface area contributed by atoms with Crippen LogP contribution in [0.3, 0.4) is 0 Å². The Balaban J connectivity index is 1.91. The highest BCUT2D eigenvalue weighted by molar-refractivity contribution is 5.96. The third kappa shape index (κ3) is 4.85. The molecule has 0 aromatic heterocycles. The van der Waals surface area contributed by atoms with Crippen molar-refractivity contribution in [2.45, 2.75) is 13.8 Å². The quantitative estimate of drug-likeness (QED) is 0.770. The molecule has 0 bridgehead atoms. The molecule has 2 rings (SSSR count). The molecule has 0 aliphatic carbocycles. The summed E-state index contributed by atoms with van der Waals surface area (Å²) in [5.74, 6) is 0.539. The Bertz CT molecular complexity index is 681. The smallest absolute Gasteiger partial charge is 0.243 e. The van der Waals surface area contributed by atoms with Gasteiger partial charge in [-0.2, -0.15) is 0 Å². The van der Waals surface area contributed by atoms with E-state index in [4.69, 9.17) is 4.74 Å². The Kier molecular flexibility index (Phi) is 5.74. The summed E-state index contributed by atoms with van der Waals surface area (Å²) in [5.41, 5.74) is 2.04. The highest BCUT2D eigenvalue weighted by atomic mass is 16.5. The fourth-order valence-corrected chi connectivity index (χ4v) is 2.06. The van der Waals surface area contributed by atoms with Crippen molar-refractivity contribution in [1.29, 1.82) is 0 Å². The summed E-state index contributed by atoms with van der Waals surface area (Å²) in [6, 6.07) is 14.3. The van der Waals surface area contributed by atoms with Gasteiger partial charge in [-0.25, -0.2) is 0 Å². The topological polar surface area (TPSA) is 67.4 Å². The lowest BCUT2D eigenvalue weighted by atomic mass is 10.1. The molecule has 0 atom stereocenters. The number of benzene rings is 2. The summed E-state index contributed by atoms with van der Waals surface area (Å²) >= 11 is 0. The van der Waals surface area contributed by atoms with Gasteiger partial charge in [-0.1, -0.05) is 12.1 Å². The van der Waals surface area contributed by atoms with Crippen LogP contribution in [0.4, 0.5) is 11.4 Å². The van der Waals surface area contributed by atoms with Gasteiger partial charge in [-0.05, 0) is 50.2 Å². The normalized spacial score (nSPS) is 10.0. The number of ether oxygens (including phenoxy) is 1. The predicted octanol–water partition coefficient (Wildman–Crippen LogP) is 3.34. The molecule has 0 spiro atoms. The van der Waals surface area contributed by atoms with Gasteiger partial charge >= 0.3 is 0 Å². The Morgan fingerprint density at radius 3 is 2.39 bits per heavy atom. The zero-order chi connectivity index (χ0) is 16.7. The van der Waals surface area contributed by atoms with Crippen molar-refractivity contribution >= 4 is 23.1 Å². The second kappa shape index (κ2) is 7.98. The molecular weight excluding hydrogens is 292 g/mol. The van der Waals surface area contributed by atoms with Crippen LogP contribution in [-0.2, 0) is 4.79 Å². The van der Waals surface area contributed by atoms with Crippen LogP contribution in [0, 0.1) is 0 Å². The molecule has 1 amide bonds. The van der Waals surface area contributed by atoms with Crippen molar-refractivity contribution in [3.05, 3.63) is 54.1 Å². The number of nitrogens with one attached hydrogen (secondary N) is 2. The number of anilines is 2. The predicted molar refractivity (Wildman–Crippen MR) is 91.2 cm³/mol. The van der Waals surface area contributed by atoms with Crippen LogP contribution < -0.4 is 15.4 Å². The molecule has 0 aliphatic heterocycles. The molecule has 5 heteroatoms. The van der Waals surface area contributed by atoms with E-state index in [2.05, 4.69) is 10.6 Å². The van der Waals surface area contributed by atoms with Crippen molar-refractivity contribution in [2.24, 2.45) is 0 Å². The standard InChI is InChI=1S/C18H20N2O3/c1-3-23-17-7-5-4-6-16(17)19-12-18(22)20-15-10-8-14(9-11-15)13(2)21/h4-11,19H,3,12H2,1-2H3,(H,20,22). The van der Waals surface area contributed by atoms with Gasteiger partial charge in [-0.15, -0.1) is 0 Å². The third-order valence-corrected chi connectivity index (χ3v) is 3.20. The molecule has 2 aromatic carbocycles. The zero-order valence-electron chi connectivity index (χ0n) is 13.3. The lowest BCUT2D eigenvalue weighted by molar-refractivity contribution is -0.114. The maximum Gasteiger partial charge on any atom is 0.243 e. The second-order valence-electron chi connectivity index (χ2n) is 4.96. The molecule has 0 radical (unpaired) electrons. The molecule has 0 saturated heterocycles. The van der Waals surface area contributed by atoms with E-state index in [0.29, 0.717) is 23.6 Å². The molecule has 2 aromatic rings. The summed E-state index contributed by atoms with van der Waals surface area (Å²) in [6.45, 7) is 4.10. The molecule has 0 aliphatic rings.